The normalized spacial score (nSPS) is 52.9. The Morgan fingerprint density at radius 3 is 2.20 bits per heavy atom. The van der Waals surface area contributed by atoms with E-state index in [-0.39, 0.29) is 48.0 Å². The van der Waals surface area contributed by atoms with Gasteiger partial charge in [-0.15, -0.1) is 0 Å². The number of aliphatic hydroxyl groups excluding tert-OH is 7. The molecule has 0 bridgehead atoms. The van der Waals surface area contributed by atoms with Crippen molar-refractivity contribution in [1.82, 2.24) is 0 Å². The van der Waals surface area contributed by atoms with Crippen molar-refractivity contribution in [2.45, 2.75) is 134 Å². The second-order valence-electron chi connectivity index (χ2n) is 16.2. The van der Waals surface area contributed by atoms with E-state index in [9.17, 15) is 40.9 Å². The molecular weight excluding hydrogens is 596 g/mol. The standard InChI is InChI=1S/C35H60O11/c1-17(19(3)16-45-32-29(42)30(44-6)28(41)24(15-36)46-32)7-8-18(2)20-13-22(38)31-33(20,4)12-10-25-34(5)11-9-21(37)27(40)26(34)23(39)14-35(25,31)43/h7-8,17-32,36-43H,9-16H2,1-6H3. The monoisotopic (exact) mass is 656 g/mol. The highest BCUT2D eigenvalue weighted by molar-refractivity contribution is 5.21. The van der Waals surface area contributed by atoms with E-state index >= 15 is 0 Å². The van der Waals surface area contributed by atoms with Crippen molar-refractivity contribution >= 4 is 0 Å². The van der Waals surface area contributed by atoms with Crippen molar-refractivity contribution in [2.75, 3.05) is 20.3 Å². The third-order valence-electron chi connectivity index (χ3n) is 13.7. The first kappa shape index (κ1) is 36.6. The van der Waals surface area contributed by atoms with E-state index in [0.29, 0.717) is 19.3 Å². The molecule has 1 heterocycles. The molecule has 0 spiro atoms. The fourth-order valence-corrected chi connectivity index (χ4v) is 11.0. The van der Waals surface area contributed by atoms with Crippen LogP contribution in [0.25, 0.3) is 0 Å². The van der Waals surface area contributed by atoms with Gasteiger partial charge in [0, 0.05) is 25.4 Å². The minimum atomic E-state index is -1.27. The summed E-state index contributed by atoms with van der Waals surface area (Å²) in [7, 11) is 1.38. The molecule has 19 unspecified atom stereocenters. The van der Waals surface area contributed by atoms with Gasteiger partial charge in [0.05, 0.1) is 43.2 Å². The highest BCUT2D eigenvalue weighted by Crippen LogP contribution is 2.69. The van der Waals surface area contributed by atoms with Crippen LogP contribution in [-0.2, 0) is 14.2 Å². The molecule has 1 saturated heterocycles. The van der Waals surface area contributed by atoms with Gasteiger partial charge in [0.1, 0.15) is 24.4 Å². The Bertz CT molecular complexity index is 1080. The number of methoxy groups -OCH3 is 1. The van der Waals surface area contributed by atoms with Crippen LogP contribution in [0.1, 0.15) is 73.1 Å². The van der Waals surface area contributed by atoms with E-state index in [1.807, 2.05) is 6.92 Å². The number of hydrogen-bond donors (Lipinski definition) is 8. The van der Waals surface area contributed by atoms with Gasteiger partial charge in [-0.2, -0.15) is 0 Å². The van der Waals surface area contributed by atoms with Gasteiger partial charge in [-0.05, 0) is 72.5 Å². The average molecular weight is 657 g/mol. The number of allylic oxidation sites excluding steroid dienone is 2. The zero-order valence-corrected chi connectivity index (χ0v) is 28.4. The Kier molecular flexibility index (Phi) is 10.8. The Morgan fingerprint density at radius 1 is 0.870 bits per heavy atom. The van der Waals surface area contributed by atoms with Crippen molar-refractivity contribution in [2.24, 2.45) is 52.3 Å². The molecule has 11 heteroatoms. The fourth-order valence-electron chi connectivity index (χ4n) is 11.0. The summed E-state index contributed by atoms with van der Waals surface area (Å²) >= 11 is 0. The molecule has 0 radical (unpaired) electrons. The van der Waals surface area contributed by atoms with Gasteiger partial charge in [0.2, 0.25) is 0 Å². The van der Waals surface area contributed by atoms with Crippen LogP contribution in [0, 0.1) is 52.3 Å². The molecule has 5 rings (SSSR count). The van der Waals surface area contributed by atoms with Crippen LogP contribution in [0.2, 0.25) is 0 Å². The predicted molar refractivity (Wildman–Crippen MR) is 168 cm³/mol. The molecule has 1 aliphatic heterocycles. The van der Waals surface area contributed by atoms with Crippen LogP contribution in [-0.4, -0.2) is 122 Å². The maximum Gasteiger partial charge on any atom is 0.186 e. The van der Waals surface area contributed by atoms with Gasteiger partial charge in [0.25, 0.3) is 0 Å². The lowest BCUT2D eigenvalue weighted by molar-refractivity contribution is -0.306. The summed E-state index contributed by atoms with van der Waals surface area (Å²) in [5.41, 5.74) is -2.15. The second-order valence-corrected chi connectivity index (χ2v) is 16.2. The Hall–Kier alpha value is -0.700. The molecule has 46 heavy (non-hydrogen) atoms. The smallest absolute Gasteiger partial charge is 0.186 e. The number of aliphatic hydroxyl groups is 8. The number of ether oxygens (including phenoxy) is 3. The van der Waals surface area contributed by atoms with E-state index in [1.54, 1.807) is 0 Å². The predicted octanol–water partition coefficient (Wildman–Crippen LogP) is 0.969. The van der Waals surface area contributed by atoms with Crippen molar-refractivity contribution in [3.05, 3.63) is 12.2 Å². The van der Waals surface area contributed by atoms with Gasteiger partial charge in [-0.25, -0.2) is 0 Å². The SMILES string of the molecule is COC1C(O)C(CO)OC(OCC(C)C(C)C=CC(C)C2CC(O)C3C2(C)CCC2C4(C)CCC(O)C(O)C4C(O)CC23O)C1O. The minimum absolute atomic E-state index is 0.0510. The van der Waals surface area contributed by atoms with E-state index in [0.717, 1.165) is 12.8 Å². The van der Waals surface area contributed by atoms with Crippen molar-refractivity contribution < 1.29 is 55.1 Å². The molecule has 5 fully saturated rings. The largest absolute Gasteiger partial charge is 0.394 e. The first-order chi connectivity index (χ1) is 21.5. The molecular formula is C35H60O11. The maximum atomic E-state index is 12.5. The molecule has 11 nitrogen and oxygen atoms in total. The minimum Gasteiger partial charge on any atom is -0.394 e. The average Bonchev–Trinajstić information content (AvgIpc) is 3.28. The first-order valence-corrected chi connectivity index (χ1v) is 17.4. The third kappa shape index (κ3) is 5.93. The number of fused-ring (bicyclic) bond motifs is 5. The van der Waals surface area contributed by atoms with Crippen LogP contribution in [0.15, 0.2) is 12.2 Å². The van der Waals surface area contributed by atoms with Crippen LogP contribution >= 0.6 is 0 Å². The lowest BCUT2D eigenvalue weighted by atomic mass is 9.41. The van der Waals surface area contributed by atoms with Gasteiger partial charge >= 0.3 is 0 Å². The maximum absolute atomic E-state index is 12.5. The van der Waals surface area contributed by atoms with Crippen molar-refractivity contribution in [1.29, 1.82) is 0 Å². The van der Waals surface area contributed by atoms with E-state index in [2.05, 4.69) is 39.8 Å². The molecule has 4 aliphatic carbocycles. The molecule has 8 N–H and O–H groups in total. The molecule has 0 aromatic heterocycles. The van der Waals surface area contributed by atoms with Gasteiger partial charge in [0.15, 0.2) is 6.29 Å². The molecule has 0 aromatic rings. The summed E-state index contributed by atoms with van der Waals surface area (Å²) in [6.45, 7) is 10.4. The Labute approximate surface area is 273 Å². The second kappa shape index (κ2) is 13.5. The lowest BCUT2D eigenvalue weighted by Crippen LogP contribution is -2.70. The molecule has 266 valence electrons. The van der Waals surface area contributed by atoms with E-state index in [4.69, 9.17) is 14.2 Å². The Morgan fingerprint density at radius 2 is 1.54 bits per heavy atom. The van der Waals surface area contributed by atoms with Crippen molar-refractivity contribution in [3.63, 3.8) is 0 Å². The zero-order valence-electron chi connectivity index (χ0n) is 28.4. The van der Waals surface area contributed by atoms with Gasteiger partial charge in [-0.3, -0.25) is 0 Å². The summed E-state index contributed by atoms with van der Waals surface area (Å²) in [6.07, 6.45) is -1.25. The van der Waals surface area contributed by atoms with Crippen LogP contribution in [0.3, 0.4) is 0 Å². The molecule has 19 atom stereocenters. The van der Waals surface area contributed by atoms with Crippen LogP contribution in [0.5, 0.6) is 0 Å². The highest BCUT2D eigenvalue weighted by Gasteiger charge is 2.71. The zero-order chi connectivity index (χ0) is 33.9. The summed E-state index contributed by atoms with van der Waals surface area (Å²) in [5, 5.41) is 87.2. The number of hydrogen-bond acceptors (Lipinski definition) is 11. The van der Waals surface area contributed by atoms with Crippen molar-refractivity contribution in [3.8, 4) is 0 Å². The van der Waals surface area contributed by atoms with Gasteiger partial charge in [-0.1, -0.05) is 46.8 Å². The first-order valence-electron chi connectivity index (χ1n) is 17.4. The van der Waals surface area contributed by atoms with Crippen LogP contribution < -0.4 is 0 Å². The summed E-state index contributed by atoms with van der Waals surface area (Å²) in [5.74, 6) is -0.708. The summed E-state index contributed by atoms with van der Waals surface area (Å²) < 4.78 is 16.7. The fraction of sp³-hybridized carbons (Fsp3) is 0.943. The Balaban J connectivity index is 1.24. The molecule has 5 aliphatic rings. The molecule has 4 saturated carbocycles. The topological polar surface area (TPSA) is 190 Å². The third-order valence-corrected chi connectivity index (χ3v) is 13.7. The van der Waals surface area contributed by atoms with E-state index in [1.165, 1.54) is 7.11 Å². The summed E-state index contributed by atoms with van der Waals surface area (Å²) in [4.78, 5) is 0. The summed E-state index contributed by atoms with van der Waals surface area (Å²) in [6, 6.07) is 0. The number of rotatable bonds is 9. The van der Waals surface area contributed by atoms with Crippen LogP contribution in [0.4, 0.5) is 0 Å². The quantitative estimate of drug-likeness (QED) is 0.165. The molecule has 0 amide bonds. The molecule has 0 aromatic carbocycles. The van der Waals surface area contributed by atoms with E-state index < -0.39 is 84.6 Å². The van der Waals surface area contributed by atoms with Gasteiger partial charge < -0.3 is 55.1 Å². The highest BCUT2D eigenvalue weighted by atomic mass is 16.7. The lowest BCUT2D eigenvalue weighted by Gasteiger charge is -2.66.